The minimum atomic E-state index is 0.210. The lowest BCUT2D eigenvalue weighted by molar-refractivity contribution is 0.772. The molecule has 2 aromatic rings. The Morgan fingerprint density at radius 3 is 2.40 bits per heavy atom. The van der Waals surface area contributed by atoms with Crippen LogP contribution in [0, 0.1) is 11.3 Å². The van der Waals surface area contributed by atoms with Crippen molar-refractivity contribution in [3.8, 4) is 6.07 Å². The normalized spacial score (nSPS) is 10.4. The summed E-state index contributed by atoms with van der Waals surface area (Å²) >= 11 is 6.05. The lowest BCUT2D eigenvalue weighted by Gasteiger charge is -2.19. The first-order valence-corrected chi connectivity index (χ1v) is 6.67. The molecule has 0 radical (unpaired) electrons. The second-order valence-electron chi connectivity index (χ2n) is 4.78. The molecule has 0 aliphatic rings. The van der Waals surface area contributed by atoms with Gasteiger partial charge in [-0.05, 0) is 24.3 Å². The van der Waals surface area contributed by atoms with Gasteiger partial charge >= 0.3 is 0 Å². The van der Waals surface area contributed by atoms with Gasteiger partial charge in [0.25, 0.3) is 0 Å². The van der Waals surface area contributed by atoms with Crippen molar-refractivity contribution >= 4 is 23.1 Å². The minimum absolute atomic E-state index is 0.210. The first-order chi connectivity index (χ1) is 9.51. The van der Waals surface area contributed by atoms with Gasteiger partial charge in [0.1, 0.15) is 16.8 Å². The van der Waals surface area contributed by atoms with Gasteiger partial charge in [0.2, 0.25) is 0 Å². The van der Waals surface area contributed by atoms with Crippen LogP contribution < -0.4 is 4.90 Å². The van der Waals surface area contributed by atoms with Crippen molar-refractivity contribution in [1.82, 2.24) is 9.97 Å². The summed E-state index contributed by atoms with van der Waals surface area (Å²) in [5.74, 6) is 1.66. The third-order valence-corrected chi connectivity index (χ3v) is 3.14. The Balaban J connectivity index is 2.37. The van der Waals surface area contributed by atoms with Gasteiger partial charge in [-0.1, -0.05) is 25.4 Å². The molecule has 0 aliphatic carbocycles. The maximum absolute atomic E-state index is 8.82. The fourth-order valence-electron chi connectivity index (χ4n) is 1.74. The molecule has 5 heteroatoms. The summed E-state index contributed by atoms with van der Waals surface area (Å²) in [6.45, 7) is 4.05. The van der Waals surface area contributed by atoms with E-state index in [1.54, 1.807) is 18.2 Å². The number of halogens is 1. The van der Waals surface area contributed by atoms with Crippen LogP contribution in [0.3, 0.4) is 0 Å². The van der Waals surface area contributed by atoms with Crippen LogP contribution in [0.25, 0.3) is 0 Å². The third kappa shape index (κ3) is 3.06. The zero-order valence-corrected chi connectivity index (χ0v) is 12.4. The predicted molar refractivity (Wildman–Crippen MR) is 80.4 cm³/mol. The maximum Gasteiger partial charge on any atom is 0.137 e. The summed E-state index contributed by atoms with van der Waals surface area (Å²) in [6.07, 6.45) is 0. The SMILES string of the molecule is CC(C)c1nc(Cl)cc(N(C)c2ccc(C#N)cc2)n1. The Labute approximate surface area is 123 Å². The van der Waals surface area contributed by atoms with E-state index in [1.165, 1.54) is 0 Å². The topological polar surface area (TPSA) is 52.8 Å². The van der Waals surface area contributed by atoms with E-state index in [0.717, 1.165) is 11.5 Å². The zero-order chi connectivity index (χ0) is 14.7. The van der Waals surface area contributed by atoms with Gasteiger partial charge in [-0.2, -0.15) is 5.26 Å². The van der Waals surface area contributed by atoms with Gasteiger partial charge in [-0.3, -0.25) is 0 Å². The molecule has 0 fully saturated rings. The van der Waals surface area contributed by atoms with Crippen LogP contribution in [0.4, 0.5) is 11.5 Å². The molecule has 1 aromatic heterocycles. The van der Waals surface area contributed by atoms with E-state index in [-0.39, 0.29) is 5.92 Å². The number of nitriles is 1. The molecule has 0 spiro atoms. The zero-order valence-electron chi connectivity index (χ0n) is 11.6. The first-order valence-electron chi connectivity index (χ1n) is 6.29. The van der Waals surface area contributed by atoms with Crippen molar-refractivity contribution in [2.75, 3.05) is 11.9 Å². The standard InChI is InChI=1S/C15H15ClN4/c1-10(2)15-18-13(16)8-14(19-15)20(3)12-6-4-11(9-17)5-7-12/h4-8,10H,1-3H3. The molecule has 0 saturated heterocycles. The van der Waals surface area contributed by atoms with Gasteiger partial charge in [0, 0.05) is 24.7 Å². The Hall–Kier alpha value is -2.12. The van der Waals surface area contributed by atoms with E-state index in [2.05, 4.69) is 16.0 Å². The highest BCUT2D eigenvalue weighted by Gasteiger charge is 2.11. The van der Waals surface area contributed by atoms with Crippen molar-refractivity contribution in [2.24, 2.45) is 0 Å². The van der Waals surface area contributed by atoms with Crippen LogP contribution in [0.1, 0.15) is 31.2 Å². The van der Waals surface area contributed by atoms with E-state index in [1.807, 2.05) is 37.9 Å². The Bertz CT molecular complexity index is 644. The van der Waals surface area contributed by atoms with E-state index in [0.29, 0.717) is 16.5 Å². The van der Waals surface area contributed by atoms with Gasteiger partial charge in [-0.15, -0.1) is 0 Å². The minimum Gasteiger partial charge on any atom is -0.329 e. The molecule has 20 heavy (non-hydrogen) atoms. The van der Waals surface area contributed by atoms with Crippen LogP contribution in [0.2, 0.25) is 5.15 Å². The quantitative estimate of drug-likeness (QED) is 0.803. The molecule has 1 heterocycles. The molecule has 102 valence electrons. The monoisotopic (exact) mass is 286 g/mol. The van der Waals surface area contributed by atoms with Crippen molar-refractivity contribution in [3.63, 3.8) is 0 Å². The predicted octanol–water partition coefficient (Wildman–Crippen LogP) is 3.89. The average molecular weight is 287 g/mol. The van der Waals surface area contributed by atoms with Gasteiger partial charge < -0.3 is 4.90 Å². The molecule has 0 N–H and O–H groups in total. The summed E-state index contributed by atoms with van der Waals surface area (Å²) in [4.78, 5) is 10.7. The van der Waals surface area contributed by atoms with Crippen molar-refractivity contribution in [3.05, 3.63) is 46.9 Å². The summed E-state index contributed by atoms with van der Waals surface area (Å²) in [6, 6.07) is 11.1. The maximum atomic E-state index is 8.82. The lowest BCUT2D eigenvalue weighted by atomic mass is 10.2. The molecule has 0 unspecified atom stereocenters. The number of nitrogens with zero attached hydrogens (tertiary/aromatic N) is 4. The molecule has 0 aliphatic heterocycles. The van der Waals surface area contributed by atoms with Crippen molar-refractivity contribution in [2.45, 2.75) is 19.8 Å². The second-order valence-corrected chi connectivity index (χ2v) is 5.17. The number of hydrogen-bond donors (Lipinski definition) is 0. The highest BCUT2D eigenvalue weighted by molar-refractivity contribution is 6.29. The average Bonchev–Trinajstić information content (AvgIpc) is 2.46. The summed E-state index contributed by atoms with van der Waals surface area (Å²) in [7, 11) is 1.91. The van der Waals surface area contributed by atoms with Crippen molar-refractivity contribution < 1.29 is 0 Å². The van der Waals surface area contributed by atoms with Crippen molar-refractivity contribution in [1.29, 1.82) is 5.26 Å². The molecule has 1 aromatic carbocycles. The lowest BCUT2D eigenvalue weighted by Crippen LogP contribution is -2.13. The highest BCUT2D eigenvalue weighted by Crippen LogP contribution is 2.25. The number of rotatable bonds is 3. The van der Waals surface area contributed by atoms with Crippen LogP contribution in [0.15, 0.2) is 30.3 Å². The summed E-state index contributed by atoms with van der Waals surface area (Å²) in [5.41, 5.74) is 1.57. The Kier molecular flexibility index (Phi) is 4.21. The number of aromatic nitrogens is 2. The smallest absolute Gasteiger partial charge is 0.137 e. The van der Waals surface area contributed by atoms with Crippen LogP contribution in [-0.4, -0.2) is 17.0 Å². The molecular weight excluding hydrogens is 272 g/mol. The highest BCUT2D eigenvalue weighted by atomic mass is 35.5. The molecule has 0 atom stereocenters. The number of benzene rings is 1. The van der Waals surface area contributed by atoms with Gasteiger partial charge in [0.05, 0.1) is 11.6 Å². The molecule has 4 nitrogen and oxygen atoms in total. The van der Waals surface area contributed by atoms with Crippen LogP contribution >= 0.6 is 11.6 Å². The molecule has 2 rings (SSSR count). The van der Waals surface area contributed by atoms with E-state index >= 15 is 0 Å². The number of anilines is 2. The molecule has 0 bridgehead atoms. The van der Waals surface area contributed by atoms with E-state index < -0.39 is 0 Å². The molecule has 0 saturated carbocycles. The third-order valence-electron chi connectivity index (χ3n) is 2.94. The van der Waals surface area contributed by atoms with Crippen LogP contribution in [0.5, 0.6) is 0 Å². The Morgan fingerprint density at radius 2 is 1.85 bits per heavy atom. The van der Waals surface area contributed by atoms with Gasteiger partial charge in [-0.25, -0.2) is 9.97 Å². The fourth-order valence-corrected chi connectivity index (χ4v) is 1.93. The Morgan fingerprint density at radius 1 is 1.20 bits per heavy atom. The van der Waals surface area contributed by atoms with E-state index in [4.69, 9.17) is 16.9 Å². The van der Waals surface area contributed by atoms with Gasteiger partial charge in [0.15, 0.2) is 0 Å². The largest absolute Gasteiger partial charge is 0.329 e. The summed E-state index contributed by atoms with van der Waals surface area (Å²) in [5, 5.41) is 9.25. The van der Waals surface area contributed by atoms with E-state index in [9.17, 15) is 0 Å². The molecule has 0 amide bonds. The van der Waals surface area contributed by atoms with Crippen LogP contribution in [-0.2, 0) is 0 Å². The summed E-state index contributed by atoms with van der Waals surface area (Å²) < 4.78 is 0. The molecular formula is C15H15ClN4. The number of hydrogen-bond acceptors (Lipinski definition) is 4. The second kappa shape index (κ2) is 5.89. The fraction of sp³-hybridized carbons (Fsp3) is 0.267. The first kappa shape index (κ1) is 14.3.